The lowest BCUT2D eigenvalue weighted by Gasteiger charge is -2.33. The highest BCUT2D eigenvalue weighted by atomic mass is 79.9. The van der Waals surface area contributed by atoms with Crippen molar-refractivity contribution in [3.63, 3.8) is 0 Å². The van der Waals surface area contributed by atoms with E-state index >= 15 is 0 Å². The number of carbonyl (C=O) groups excluding carboxylic acids is 3. The third-order valence-electron chi connectivity index (χ3n) is 4.50. The summed E-state index contributed by atoms with van der Waals surface area (Å²) in [6, 6.07) is 14.5. The van der Waals surface area contributed by atoms with Crippen molar-refractivity contribution in [1.29, 1.82) is 0 Å². The van der Waals surface area contributed by atoms with Crippen LogP contribution in [0.1, 0.15) is 33.6 Å². The highest BCUT2D eigenvalue weighted by Gasteiger charge is 2.28. The lowest BCUT2D eigenvalue weighted by atomic mass is 10.1. The smallest absolute Gasteiger partial charge is 0.411 e. The summed E-state index contributed by atoms with van der Waals surface area (Å²) in [5.74, 6) is 0. The third kappa shape index (κ3) is 9.67. The minimum Gasteiger partial charge on any atom is -0.446 e. The Morgan fingerprint density at radius 1 is 1.03 bits per heavy atom. The first kappa shape index (κ1) is 27.6. The molecule has 3 rings (SSSR count). The van der Waals surface area contributed by atoms with E-state index in [9.17, 15) is 14.4 Å². The Hall–Kier alpha value is -2.68. The van der Waals surface area contributed by atoms with Gasteiger partial charge in [0, 0.05) is 34.9 Å². The molecule has 0 unspecified atom stereocenters. The Morgan fingerprint density at radius 3 is 2.18 bits per heavy atom. The van der Waals surface area contributed by atoms with E-state index in [-0.39, 0.29) is 12.2 Å². The molecule has 2 aromatic rings. The summed E-state index contributed by atoms with van der Waals surface area (Å²) >= 11 is 6.59. The summed E-state index contributed by atoms with van der Waals surface area (Å²) in [6.45, 7) is 6.55. The molecular formula is C24H27Br2N3O5. The zero-order chi connectivity index (χ0) is 25.1. The van der Waals surface area contributed by atoms with Crippen LogP contribution in [0.3, 0.4) is 0 Å². The number of nitrogens with one attached hydrogen (secondary N) is 1. The summed E-state index contributed by atoms with van der Waals surface area (Å²) in [5.41, 5.74) is 0.763. The van der Waals surface area contributed by atoms with Crippen LogP contribution in [0.4, 0.5) is 21.0 Å². The number of hydrogen-bond donors (Lipinski definition) is 1. The standard InChI is InChI=1S/C17H23BrN2O4.C7H4BrNO/c1-17(2,3)24-16(22)20-10-8-12(9-11-20)23-15(21)19-14-7-5-4-6-13(14)18;8-6-3-1-2-4-7(6)9-5-10/h4-7,12H,8-11H2,1-3H3,(H,19,21);1-4H. The first-order valence-corrected chi connectivity index (χ1v) is 12.2. The van der Waals surface area contributed by atoms with Gasteiger partial charge in [-0.2, -0.15) is 4.99 Å². The molecule has 1 saturated heterocycles. The maximum Gasteiger partial charge on any atom is 0.411 e. The van der Waals surface area contributed by atoms with Crippen LogP contribution in [0, 0.1) is 0 Å². The Morgan fingerprint density at radius 2 is 1.62 bits per heavy atom. The van der Waals surface area contributed by atoms with Crippen LogP contribution >= 0.6 is 31.9 Å². The average Bonchev–Trinajstić information content (AvgIpc) is 2.77. The first-order chi connectivity index (χ1) is 16.1. The summed E-state index contributed by atoms with van der Waals surface area (Å²) < 4.78 is 12.4. The molecule has 0 bridgehead atoms. The number of isocyanates is 1. The highest BCUT2D eigenvalue weighted by Crippen LogP contribution is 2.24. The minimum atomic E-state index is -0.507. The van der Waals surface area contributed by atoms with Gasteiger partial charge < -0.3 is 14.4 Å². The molecule has 1 fully saturated rings. The van der Waals surface area contributed by atoms with Crippen molar-refractivity contribution in [2.45, 2.75) is 45.3 Å². The molecule has 1 heterocycles. The van der Waals surface area contributed by atoms with E-state index in [0.717, 1.165) is 8.95 Å². The van der Waals surface area contributed by atoms with E-state index < -0.39 is 11.7 Å². The molecule has 1 N–H and O–H groups in total. The molecule has 2 amide bonds. The Balaban J connectivity index is 0.000000340. The van der Waals surface area contributed by atoms with Crippen LogP contribution in [0.25, 0.3) is 0 Å². The van der Waals surface area contributed by atoms with Crippen molar-refractivity contribution in [1.82, 2.24) is 4.90 Å². The van der Waals surface area contributed by atoms with E-state index in [0.29, 0.717) is 37.3 Å². The fourth-order valence-electron chi connectivity index (χ4n) is 2.93. The number of benzene rings is 2. The van der Waals surface area contributed by atoms with Crippen LogP contribution < -0.4 is 5.32 Å². The Kier molecular flexibility index (Phi) is 10.8. The Labute approximate surface area is 216 Å². The van der Waals surface area contributed by atoms with Gasteiger partial charge in [0.25, 0.3) is 0 Å². The summed E-state index contributed by atoms with van der Waals surface area (Å²) in [5, 5.41) is 2.71. The molecule has 2 aromatic carbocycles. The van der Waals surface area contributed by atoms with Crippen molar-refractivity contribution in [3.8, 4) is 0 Å². The number of aliphatic imine (C=N–C) groups is 1. The van der Waals surface area contributed by atoms with Crippen LogP contribution in [-0.2, 0) is 14.3 Å². The lowest BCUT2D eigenvalue weighted by Crippen LogP contribution is -2.44. The van der Waals surface area contributed by atoms with E-state index in [2.05, 4.69) is 42.2 Å². The summed E-state index contributed by atoms with van der Waals surface area (Å²) in [6.07, 6.45) is 1.66. The quantitative estimate of drug-likeness (QED) is 0.310. The van der Waals surface area contributed by atoms with Gasteiger partial charge in [-0.25, -0.2) is 14.4 Å². The van der Waals surface area contributed by atoms with Gasteiger partial charge >= 0.3 is 12.2 Å². The van der Waals surface area contributed by atoms with Crippen LogP contribution in [-0.4, -0.2) is 48.0 Å². The normalized spacial score (nSPS) is 13.6. The average molecular weight is 597 g/mol. The molecule has 0 radical (unpaired) electrons. The third-order valence-corrected chi connectivity index (χ3v) is 5.86. The summed E-state index contributed by atoms with van der Waals surface area (Å²) in [7, 11) is 0. The van der Waals surface area contributed by atoms with Crippen molar-refractivity contribution in [2.24, 2.45) is 4.99 Å². The lowest BCUT2D eigenvalue weighted by molar-refractivity contribution is 0.00794. The zero-order valence-corrected chi connectivity index (χ0v) is 22.4. The first-order valence-electron chi connectivity index (χ1n) is 10.6. The van der Waals surface area contributed by atoms with Gasteiger partial charge in [0.1, 0.15) is 11.7 Å². The fraction of sp³-hybridized carbons (Fsp3) is 0.375. The number of amides is 2. The molecule has 0 saturated carbocycles. The maximum atomic E-state index is 12.0. The molecular weight excluding hydrogens is 570 g/mol. The Bertz CT molecular complexity index is 1030. The second-order valence-electron chi connectivity index (χ2n) is 8.33. The van der Waals surface area contributed by atoms with E-state index in [1.165, 1.54) is 6.08 Å². The number of piperidine rings is 1. The van der Waals surface area contributed by atoms with Gasteiger partial charge in [0.2, 0.25) is 6.08 Å². The van der Waals surface area contributed by atoms with Gasteiger partial charge in [-0.05, 0) is 76.9 Å². The van der Waals surface area contributed by atoms with Crippen LogP contribution in [0.2, 0.25) is 0 Å². The van der Waals surface area contributed by atoms with E-state index in [1.807, 2.05) is 51.1 Å². The number of halogens is 2. The van der Waals surface area contributed by atoms with Crippen molar-refractivity contribution in [2.75, 3.05) is 18.4 Å². The minimum absolute atomic E-state index is 0.203. The fourth-order valence-corrected chi connectivity index (χ4v) is 3.68. The van der Waals surface area contributed by atoms with E-state index in [4.69, 9.17) is 9.47 Å². The zero-order valence-electron chi connectivity index (χ0n) is 19.2. The van der Waals surface area contributed by atoms with Crippen LogP contribution in [0.5, 0.6) is 0 Å². The summed E-state index contributed by atoms with van der Waals surface area (Å²) in [4.78, 5) is 38.9. The number of hydrogen-bond acceptors (Lipinski definition) is 6. The van der Waals surface area contributed by atoms with Gasteiger partial charge in [0.15, 0.2) is 0 Å². The number of rotatable bonds is 3. The molecule has 0 spiro atoms. The molecule has 0 aliphatic carbocycles. The highest BCUT2D eigenvalue weighted by molar-refractivity contribution is 9.11. The second-order valence-corrected chi connectivity index (χ2v) is 10.0. The number of ether oxygens (including phenoxy) is 2. The molecule has 1 aliphatic heterocycles. The van der Waals surface area contributed by atoms with E-state index in [1.54, 1.807) is 23.1 Å². The molecule has 182 valence electrons. The monoisotopic (exact) mass is 595 g/mol. The molecule has 8 nitrogen and oxygen atoms in total. The maximum absolute atomic E-state index is 12.0. The topological polar surface area (TPSA) is 97.3 Å². The van der Waals surface area contributed by atoms with Crippen LogP contribution in [0.15, 0.2) is 62.5 Å². The molecule has 1 aliphatic rings. The number of anilines is 1. The SMILES string of the molecule is CC(C)(C)OC(=O)N1CCC(OC(=O)Nc2ccccc2Br)CC1.O=C=Nc1ccccc1Br. The van der Waals surface area contributed by atoms with Crippen molar-refractivity contribution >= 4 is 61.5 Å². The molecule has 0 aromatic heterocycles. The largest absolute Gasteiger partial charge is 0.446 e. The number of nitrogens with zero attached hydrogens (tertiary/aromatic N) is 2. The van der Waals surface area contributed by atoms with Gasteiger partial charge in [-0.3, -0.25) is 5.32 Å². The van der Waals surface area contributed by atoms with Gasteiger partial charge in [-0.15, -0.1) is 0 Å². The number of carbonyl (C=O) groups is 2. The van der Waals surface area contributed by atoms with Gasteiger partial charge in [0.05, 0.1) is 11.4 Å². The predicted octanol–water partition coefficient (Wildman–Crippen LogP) is 6.81. The predicted molar refractivity (Wildman–Crippen MR) is 137 cm³/mol. The number of para-hydroxylation sites is 2. The van der Waals surface area contributed by atoms with Crippen molar-refractivity contribution in [3.05, 3.63) is 57.5 Å². The number of likely N-dealkylation sites (tertiary alicyclic amines) is 1. The van der Waals surface area contributed by atoms with Gasteiger partial charge in [-0.1, -0.05) is 24.3 Å². The molecule has 34 heavy (non-hydrogen) atoms. The molecule has 0 atom stereocenters. The molecule has 10 heteroatoms. The second kappa shape index (κ2) is 13.3. The van der Waals surface area contributed by atoms with Crippen molar-refractivity contribution < 1.29 is 23.9 Å².